The van der Waals surface area contributed by atoms with Gasteiger partial charge in [0, 0.05) is 63.5 Å². The fourth-order valence-electron chi connectivity index (χ4n) is 4.61. The molecule has 4 rings (SSSR count). The summed E-state index contributed by atoms with van der Waals surface area (Å²) in [4.78, 5) is 45.2. The van der Waals surface area contributed by atoms with Crippen molar-refractivity contribution in [1.29, 1.82) is 0 Å². The van der Waals surface area contributed by atoms with Gasteiger partial charge in [-0.3, -0.25) is 19.3 Å². The van der Waals surface area contributed by atoms with Crippen molar-refractivity contribution < 1.29 is 14.4 Å². The fraction of sp³-hybridized carbons (Fsp3) is 0.609. The lowest BCUT2D eigenvalue weighted by atomic mass is 10.1. The fourth-order valence-corrected chi connectivity index (χ4v) is 4.61. The zero-order chi connectivity index (χ0) is 20.9. The molecule has 0 aliphatic carbocycles. The summed E-state index contributed by atoms with van der Waals surface area (Å²) >= 11 is 0. The third-order valence-corrected chi connectivity index (χ3v) is 6.48. The van der Waals surface area contributed by atoms with Crippen LogP contribution < -0.4 is 4.90 Å². The Morgan fingerprint density at radius 3 is 2.00 bits per heavy atom. The predicted molar refractivity (Wildman–Crippen MR) is 115 cm³/mol. The van der Waals surface area contributed by atoms with E-state index in [1.165, 1.54) is 12.8 Å². The minimum absolute atomic E-state index is 0.0211. The lowest BCUT2D eigenvalue weighted by Gasteiger charge is -2.35. The van der Waals surface area contributed by atoms with Gasteiger partial charge in [-0.05, 0) is 43.5 Å². The van der Waals surface area contributed by atoms with Gasteiger partial charge in [0.25, 0.3) is 5.91 Å². The maximum atomic E-state index is 12.9. The lowest BCUT2D eigenvalue weighted by Crippen LogP contribution is -2.51. The van der Waals surface area contributed by atoms with Crippen LogP contribution in [0.5, 0.6) is 0 Å². The number of hydrogen-bond donors (Lipinski definition) is 0. The van der Waals surface area contributed by atoms with Gasteiger partial charge in [-0.1, -0.05) is 12.8 Å². The summed E-state index contributed by atoms with van der Waals surface area (Å²) in [6.45, 7) is 5.71. The van der Waals surface area contributed by atoms with Gasteiger partial charge in [0.2, 0.25) is 11.8 Å². The number of rotatable bonds is 4. The number of amides is 3. The van der Waals surface area contributed by atoms with Crippen molar-refractivity contribution in [3.63, 3.8) is 0 Å². The molecule has 162 valence electrons. The van der Waals surface area contributed by atoms with E-state index in [-0.39, 0.29) is 17.7 Å². The average Bonchev–Trinajstić information content (AvgIpc) is 3.02. The molecular weight excluding hydrogens is 380 g/mol. The maximum absolute atomic E-state index is 12.9. The molecule has 0 spiro atoms. The summed E-state index contributed by atoms with van der Waals surface area (Å²) < 4.78 is 0. The van der Waals surface area contributed by atoms with Crippen LogP contribution in [0.1, 0.15) is 48.9 Å². The molecule has 3 aliphatic heterocycles. The van der Waals surface area contributed by atoms with Crippen LogP contribution in [0.25, 0.3) is 0 Å². The first kappa shape index (κ1) is 20.8. The van der Waals surface area contributed by atoms with Crippen LogP contribution in [0.4, 0.5) is 5.69 Å². The van der Waals surface area contributed by atoms with Crippen LogP contribution >= 0.6 is 0 Å². The van der Waals surface area contributed by atoms with Crippen molar-refractivity contribution >= 4 is 23.4 Å². The quantitative estimate of drug-likeness (QED) is 0.759. The number of hydrogen-bond acceptors (Lipinski definition) is 4. The standard InChI is InChI=1S/C23H32N4O3/c28-21-6-5-13-27(21)20-9-7-19(8-10-20)23(30)26-16-14-24(15-17-26)18-22(29)25-11-3-1-2-4-12-25/h7-10H,1-6,11-18H2. The van der Waals surface area contributed by atoms with Crippen molar-refractivity contribution in [2.24, 2.45) is 0 Å². The molecule has 0 unspecified atom stereocenters. The molecule has 1 aromatic carbocycles. The summed E-state index contributed by atoms with van der Waals surface area (Å²) in [5.41, 5.74) is 1.52. The van der Waals surface area contributed by atoms with Crippen molar-refractivity contribution in [2.45, 2.75) is 38.5 Å². The highest BCUT2D eigenvalue weighted by molar-refractivity contribution is 5.97. The van der Waals surface area contributed by atoms with Crippen molar-refractivity contribution in [3.8, 4) is 0 Å². The summed E-state index contributed by atoms with van der Waals surface area (Å²) in [6.07, 6.45) is 6.16. The van der Waals surface area contributed by atoms with E-state index in [4.69, 9.17) is 0 Å². The van der Waals surface area contributed by atoms with E-state index in [0.717, 1.165) is 57.7 Å². The molecule has 0 radical (unpaired) electrons. The largest absolute Gasteiger partial charge is 0.342 e. The number of piperazine rings is 1. The third-order valence-electron chi connectivity index (χ3n) is 6.48. The first-order valence-corrected chi connectivity index (χ1v) is 11.3. The van der Waals surface area contributed by atoms with Crippen LogP contribution in [-0.4, -0.2) is 84.8 Å². The number of likely N-dealkylation sites (tertiary alicyclic amines) is 1. The van der Waals surface area contributed by atoms with Gasteiger partial charge in [0.1, 0.15) is 0 Å². The second-order valence-electron chi connectivity index (χ2n) is 8.56. The molecule has 1 aromatic rings. The van der Waals surface area contributed by atoms with E-state index in [1.54, 1.807) is 4.90 Å². The molecule has 3 aliphatic rings. The predicted octanol–water partition coefficient (Wildman–Crippen LogP) is 1.97. The molecule has 3 fully saturated rings. The number of carbonyl (C=O) groups is 3. The maximum Gasteiger partial charge on any atom is 0.253 e. The van der Waals surface area contributed by atoms with Gasteiger partial charge in [-0.25, -0.2) is 0 Å². The Labute approximate surface area is 178 Å². The number of nitrogens with zero attached hydrogens (tertiary/aromatic N) is 4. The van der Waals surface area contributed by atoms with Crippen LogP contribution in [0, 0.1) is 0 Å². The van der Waals surface area contributed by atoms with Gasteiger partial charge in [0.05, 0.1) is 6.54 Å². The second kappa shape index (κ2) is 9.60. The molecule has 7 heteroatoms. The van der Waals surface area contributed by atoms with Gasteiger partial charge < -0.3 is 14.7 Å². The lowest BCUT2D eigenvalue weighted by molar-refractivity contribution is -0.132. The molecule has 0 atom stereocenters. The number of carbonyl (C=O) groups excluding carboxylic acids is 3. The monoisotopic (exact) mass is 412 g/mol. The molecule has 30 heavy (non-hydrogen) atoms. The molecule has 0 saturated carbocycles. The second-order valence-corrected chi connectivity index (χ2v) is 8.56. The number of benzene rings is 1. The van der Waals surface area contributed by atoms with Crippen molar-refractivity contribution in [1.82, 2.24) is 14.7 Å². The SMILES string of the molecule is O=C(CN1CCN(C(=O)c2ccc(N3CCCC3=O)cc2)CC1)N1CCCCCC1. The molecule has 0 N–H and O–H groups in total. The topological polar surface area (TPSA) is 64.2 Å². The van der Waals surface area contributed by atoms with Gasteiger partial charge in [-0.15, -0.1) is 0 Å². The van der Waals surface area contributed by atoms with E-state index in [1.807, 2.05) is 34.1 Å². The van der Waals surface area contributed by atoms with Crippen LogP contribution in [0.3, 0.4) is 0 Å². The highest BCUT2D eigenvalue weighted by Gasteiger charge is 2.26. The van der Waals surface area contributed by atoms with Crippen LogP contribution in [0.15, 0.2) is 24.3 Å². The summed E-state index contributed by atoms with van der Waals surface area (Å²) in [5.74, 6) is 0.399. The van der Waals surface area contributed by atoms with E-state index < -0.39 is 0 Å². The zero-order valence-electron chi connectivity index (χ0n) is 17.7. The molecule has 3 heterocycles. The van der Waals surface area contributed by atoms with E-state index in [9.17, 15) is 14.4 Å². The highest BCUT2D eigenvalue weighted by Crippen LogP contribution is 2.22. The Morgan fingerprint density at radius 1 is 0.733 bits per heavy atom. The highest BCUT2D eigenvalue weighted by atomic mass is 16.2. The third kappa shape index (κ3) is 4.83. The summed E-state index contributed by atoms with van der Waals surface area (Å²) in [7, 11) is 0. The van der Waals surface area contributed by atoms with Gasteiger partial charge in [-0.2, -0.15) is 0 Å². The van der Waals surface area contributed by atoms with Gasteiger partial charge in [0.15, 0.2) is 0 Å². The molecule has 7 nitrogen and oxygen atoms in total. The molecule has 0 bridgehead atoms. The average molecular weight is 413 g/mol. The Kier molecular flexibility index (Phi) is 6.67. The first-order valence-electron chi connectivity index (χ1n) is 11.3. The van der Waals surface area contributed by atoms with Gasteiger partial charge >= 0.3 is 0 Å². The van der Waals surface area contributed by atoms with E-state index in [0.29, 0.717) is 31.6 Å². The zero-order valence-corrected chi connectivity index (χ0v) is 17.7. The van der Waals surface area contributed by atoms with Crippen molar-refractivity contribution in [2.75, 3.05) is 57.3 Å². The normalized spacial score (nSPS) is 21.1. The van der Waals surface area contributed by atoms with Crippen LogP contribution in [0.2, 0.25) is 0 Å². The smallest absolute Gasteiger partial charge is 0.253 e. The van der Waals surface area contributed by atoms with Crippen LogP contribution in [-0.2, 0) is 9.59 Å². The van der Waals surface area contributed by atoms with E-state index in [2.05, 4.69) is 4.90 Å². The first-order chi connectivity index (χ1) is 14.6. The Bertz CT molecular complexity index is 763. The summed E-state index contributed by atoms with van der Waals surface area (Å²) in [6, 6.07) is 7.37. The number of anilines is 1. The molecular formula is C23H32N4O3. The Balaban J connectivity index is 1.27. The Hall–Kier alpha value is -2.41. The minimum atomic E-state index is 0.0211. The Morgan fingerprint density at radius 2 is 1.40 bits per heavy atom. The molecule has 3 amide bonds. The molecule has 3 saturated heterocycles. The minimum Gasteiger partial charge on any atom is -0.342 e. The van der Waals surface area contributed by atoms with Crippen molar-refractivity contribution in [3.05, 3.63) is 29.8 Å². The molecule has 0 aromatic heterocycles. The van der Waals surface area contributed by atoms with E-state index >= 15 is 0 Å². The summed E-state index contributed by atoms with van der Waals surface area (Å²) in [5, 5.41) is 0.